The van der Waals surface area contributed by atoms with Gasteiger partial charge < -0.3 is 20.7 Å². The van der Waals surface area contributed by atoms with Crippen molar-refractivity contribution >= 4 is 11.5 Å². The summed E-state index contributed by atoms with van der Waals surface area (Å²) in [5.74, 6) is 1.14. The highest BCUT2D eigenvalue weighted by Crippen LogP contribution is 2.36. The van der Waals surface area contributed by atoms with Crippen LogP contribution in [0.4, 0.5) is 11.5 Å². The van der Waals surface area contributed by atoms with Crippen LogP contribution < -0.4 is 15.8 Å². The summed E-state index contributed by atoms with van der Waals surface area (Å²) < 4.78 is 5.52. The Morgan fingerprint density at radius 1 is 1.40 bits per heavy atom. The number of aromatic nitrogens is 2. The van der Waals surface area contributed by atoms with Crippen LogP contribution in [0.1, 0.15) is 32.6 Å². The van der Waals surface area contributed by atoms with Crippen molar-refractivity contribution in [1.29, 1.82) is 0 Å². The van der Waals surface area contributed by atoms with Crippen LogP contribution in [0.5, 0.6) is 5.88 Å². The summed E-state index contributed by atoms with van der Waals surface area (Å²) in [4.78, 5) is 10.6. The number of nitrogens with two attached hydrogens (primary N) is 1. The molecule has 20 heavy (non-hydrogen) atoms. The topological polar surface area (TPSA) is 76.3 Å². The zero-order valence-electron chi connectivity index (χ0n) is 12.6. The van der Waals surface area contributed by atoms with Crippen molar-refractivity contribution in [3.63, 3.8) is 0 Å². The zero-order chi connectivity index (χ0) is 14.6. The van der Waals surface area contributed by atoms with Crippen LogP contribution in [0.15, 0.2) is 6.33 Å². The Kier molecular flexibility index (Phi) is 4.65. The predicted molar refractivity (Wildman–Crippen MR) is 81.0 cm³/mol. The van der Waals surface area contributed by atoms with E-state index in [4.69, 9.17) is 10.5 Å². The first kappa shape index (κ1) is 14.8. The quantitative estimate of drug-likeness (QED) is 0.792. The number of ether oxygens (including phenoxy) is 1. The van der Waals surface area contributed by atoms with Gasteiger partial charge >= 0.3 is 0 Å². The molecule has 2 rings (SSSR count). The summed E-state index contributed by atoms with van der Waals surface area (Å²) in [5, 5.41) is 3.36. The van der Waals surface area contributed by atoms with Crippen LogP contribution in [0, 0.1) is 0 Å². The molecule has 1 heterocycles. The second-order valence-electron chi connectivity index (χ2n) is 5.62. The van der Waals surface area contributed by atoms with Crippen LogP contribution in [0.2, 0.25) is 0 Å². The van der Waals surface area contributed by atoms with Crippen molar-refractivity contribution in [3.05, 3.63) is 6.33 Å². The van der Waals surface area contributed by atoms with E-state index < -0.39 is 0 Å². The van der Waals surface area contributed by atoms with Gasteiger partial charge in [-0.05, 0) is 39.8 Å². The summed E-state index contributed by atoms with van der Waals surface area (Å²) in [5.41, 5.74) is 6.78. The molecule has 1 saturated carbocycles. The lowest BCUT2D eigenvalue weighted by atomic mass is 9.75. The minimum absolute atomic E-state index is 0.224. The van der Waals surface area contributed by atoms with Crippen molar-refractivity contribution in [3.8, 4) is 5.88 Å². The Labute approximate surface area is 120 Å². The molecule has 1 aromatic rings. The smallest absolute Gasteiger partial charge is 0.242 e. The summed E-state index contributed by atoms with van der Waals surface area (Å²) >= 11 is 0. The number of likely N-dealkylation sites (N-methyl/N-ethyl adjacent to an activating group) is 1. The SMILES string of the molecule is CCCOc1ncnc(NCC2(N(C)C)CCC2)c1N. The van der Waals surface area contributed by atoms with E-state index in [1.54, 1.807) is 0 Å². The van der Waals surface area contributed by atoms with Gasteiger partial charge in [-0.2, -0.15) is 4.98 Å². The molecule has 1 aliphatic carbocycles. The highest BCUT2D eigenvalue weighted by Gasteiger charge is 2.38. The molecule has 0 spiro atoms. The number of hydrogen-bond donors (Lipinski definition) is 2. The Morgan fingerprint density at radius 3 is 2.70 bits per heavy atom. The largest absolute Gasteiger partial charge is 0.476 e. The molecule has 1 aromatic heterocycles. The lowest BCUT2D eigenvalue weighted by Crippen LogP contribution is -2.54. The van der Waals surface area contributed by atoms with Gasteiger partial charge in [-0.15, -0.1) is 0 Å². The normalized spacial score (nSPS) is 16.8. The van der Waals surface area contributed by atoms with E-state index in [-0.39, 0.29) is 5.54 Å². The Hall–Kier alpha value is -1.56. The van der Waals surface area contributed by atoms with Crippen LogP contribution in [-0.4, -0.2) is 47.7 Å². The first-order chi connectivity index (χ1) is 9.59. The van der Waals surface area contributed by atoms with Gasteiger partial charge in [0.15, 0.2) is 5.82 Å². The fourth-order valence-electron chi connectivity index (χ4n) is 2.45. The third-order valence-corrected chi connectivity index (χ3v) is 4.11. The third kappa shape index (κ3) is 2.95. The van der Waals surface area contributed by atoms with Crippen LogP contribution in [0.3, 0.4) is 0 Å². The number of nitrogens with one attached hydrogen (secondary N) is 1. The average molecular weight is 279 g/mol. The van der Waals surface area contributed by atoms with E-state index in [1.165, 1.54) is 25.6 Å². The van der Waals surface area contributed by atoms with Gasteiger partial charge in [-0.3, -0.25) is 0 Å². The van der Waals surface area contributed by atoms with Gasteiger partial charge in [0.2, 0.25) is 5.88 Å². The molecular formula is C14H25N5O. The molecule has 6 nitrogen and oxygen atoms in total. The molecule has 0 aromatic carbocycles. The van der Waals surface area contributed by atoms with E-state index in [2.05, 4.69) is 34.3 Å². The maximum atomic E-state index is 6.06. The fourth-order valence-corrected chi connectivity index (χ4v) is 2.45. The molecule has 0 aliphatic heterocycles. The van der Waals surface area contributed by atoms with Gasteiger partial charge in [0, 0.05) is 12.1 Å². The molecule has 3 N–H and O–H groups in total. The van der Waals surface area contributed by atoms with Gasteiger partial charge in [0.1, 0.15) is 12.0 Å². The third-order valence-electron chi connectivity index (χ3n) is 4.11. The van der Waals surface area contributed by atoms with Gasteiger partial charge in [-0.1, -0.05) is 6.92 Å². The van der Waals surface area contributed by atoms with Crippen molar-refractivity contribution in [2.45, 2.75) is 38.1 Å². The molecule has 0 radical (unpaired) electrons. The molecule has 1 aliphatic rings. The molecule has 0 bridgehead atoms. The molecule has 112 valence electrons. The first-order valence-corrected chi connectivity index (χ1v) is 7.23. The van der Waals surface area contributed by atoms with Crippen molar-refractivity contribution in [2.24, 2.45) is 0 Å². The molecule has 0 unspecified atom stereocenters. The maximum Gasteiger partial charge on any atom is 0.242 e. The molecule has 1 fully saturated rings. The minimum atomic E-state index is 0.224. The summed E-state index contributed by atoms with van der Waals surface area (Å²) in [6.07, 6.45) is 6.11. The predicted octanol–water partition coefficient (Wildman–Crippen LogP) is 1.74. The number of nitrogen functional groups attached to an aromatic ring is 1. The summed E-state index contributed by atoms with van der Waals surface area (Å²) in [6, 6.07) is 0. The van der Waals surface area contributed by atoms with E-state index >= 15 is 0 Å². The average Bonchev–Trinajstić information content (AvgIpc) is 2.37. The first-order valence-electron chi connectivity index (χ1n) is 7.23. The summed E-state index contributed by atoms with van der Waals surface area (Å²) in [6.45, 7) is 3.50. The number of rotatable bonds is 7. The van der Waals surface area contributed by atoms with Crippen molar-refractivity contribution in [1.82, 2.24) is 14.9 Å². The van der Waals surface area contributed by atoms with E-state index in [0.29, 0.717) is 24.0 Å². The maximum absolute atomic E-state index is 6.06. The molecule has 0 atom stereocenters. The molecule has 0 saturated heterocycles. The van der Waals surface area contributed by atoms with E-state index in [1.807, 2.05) is 6.92 Å². The Morgan fingerprint density at radius 2 is 2.15 bits per heavy atom. The van der Waals surface area contributed by atoms with E-state index in [0.717, 1.165) is 13.0 Å². The monoisotopic (exact) mass is 279 g/mol. The zero-order valence-corrected chi connectivity index (χ0v) is 12.6. The Bertz CT molecular complexity index is 445. The van der Waals surface area contributed by atoms with Gasteiger partial charge in [-0.25, -0.2) is 4.98 Å². The van der Waals surface area contributed by atoms with Crippen LogP contribution >= 0.6 is 0 Å². The van der Waals surface area contributed by atoms with Gasteiger partial charge in [0.05, 0.1) is 6.61 Å². The Balaban J connectivity index is 2.02. The van der Waals surface area contributed by atoms with Gasteiger partial charge in [0.25, 0.3) is 0 Å². The lowest BCUT2D eigenvalue weighted by molar-refractivity contribution is 0.0738. The number of hydrogen-bond acceptors (Lipinski definition) is 6. The fraction of sp³-hybridized carbons (Fsp3) is 0.714. The van der Waals surface area contributed by atoms with E-state index in [9.17, 15) is 0 Å². The second-order valence-corrected chi connectivity index (χ2v) is 5.62. The van der Waals surface area contributed by atoms with Crippen molar-refractivity contribution in [2.75, 3.05) is 38.3 Å². The molecule has 0 amide bonds. The number of nitrogens with zero attached hydrogens (tertiary/aromatic N) is 3. The molecular weight excluding hydrogens is 254 g/mol. The van der Waals surface area contributed by atoms with Crippen molar-refractivity contribution < 1.29 is 4.74 Å². The minimum Gasteiger partial charge on any atom is -0.476 e. The summed E-state index contributed by atoms with van der Waals surface area (Å²) in [7, 11) is 4.25. The second kappa shape index (κ2) is 6.26. The number of anilines is 2. The standard InChI is InChI=1S/C14H25N5O/c1-4-8-20-13-11(15)12(17-10-18-13)16-9-14(19(2)3)6-5-7-14/h10H,4-9,15H2,1-3H3,(H,16,17,18). The lowest BCUT2D eigenvalue weighted by Gasteiger charge is -2.47. The highest BCUT2D eigenvalue weighted by molar-refractivity contribution is 5.66. The molecule has 6 heteroatoms. The van der Waals surface area contributed by atoms with Crippen LogP contribution in [0.25, 0.3) is 0 Å². The van der Waals surface area contributed by atoms with Crippen LogP contribution in [-0.2, 0) is 0 Å². The highest BCUT2D eigenvalue weighted by atomic mass is 16.5.